The maximum atomic E-state index is 11.0. The average Bonchev–Trinajstić information content (AvgIpc) is 3.07. The van der Waals surface area contributed by atoms with Crippen LogP contribution in [0.25, 0.3) is 11.2 Å². The summed E-state index contributed by atoms with van der Waals surface area (Å²) in [6.07, 6.45) is 9.40. The molecule has 1 aliphatic rings. The smallest absolute Gasteiger partial charge is 0.217 e. The van der Waals surface area contributed by atoms with E-state index in [1.165, 1.54) is 45.2 Å². The predicted octanol–water partition coefficient (Wildman–Crippen LogP) is 4.09. The highest BCUT2D eigenvalue weighted by Gasteiger charge is 2.19. The van der Waals surface area contributed by atoms with E-state index in [4.69, 9.17) is 16.5 Å². The van der Waals surface area contributed by atoms with E-state index in [9.17, 15) is 4.79 Å². The number of hydrogen-bond donors (Lipinski definition) is 2. The van der Waals surface area contributed by atoms with E-state index in [1.54, 1.807) is 11.8 Å². The van der Waals surface area contributed by atoms with Gasteiger partial charge in [0.15, 0.2) is 22.1 Å². The monoisotopic (exact) mass is 536 g/mol. The van der Waals surface area contributed by atoms with Gasteiger partial charge in [0.1, 0.15) is 6.33 Å². The number of imidazole rings is 1. The highest BCUT2D eigenvalue weighted by molar-refractivity contribution is 14.1. The molecule has 158 valence electrons. The third-order valence-electron chi connectivity index (χ3n) is 5.43. The second-order valence-corrected chi connectivity index (χ2v) is 9.79. The van der Waals surface area contributed by atoms with Gasteiger partial charge in [0.25, 0.3) is 0 Å². The zero-order valence-corrected chi connectivity index (χ0v) is 19.7. The molecule has 4 rings (SSSR count). The molecule has 1 amide bonds. The first kappa shape index (κ1) is 21.4. The van der Waals surface area contributed by atoms with Gasteiger partial charge in [-0.15, -0.1) is 0 Å². The SMILES string of the molecule is NC(=O)CCCCCn1c(Sc2cc3c(cc2I)CCCC3)nc2c(N)ncnc21. The number of hydrogen-bond acceptors (Lipinski definition) is 6. The van der Waals surface area contributed by atoms with Crippen molar-refractivity contribution in [2.24, 2.45) is 5.73 Å². The molecule has 0 fully saturated rings. The van der Waals surface area contributed by atoms with Crippen molar-refractivity contribution >= 4 is 57.2 Å². The second kappa shape index (κ2) is 9.51. The van der Waals surface area contributed by atoms with Crippen LogP contribution >= 0.6 is 34.4 Å². The summed E-state index contributed by atoms with van der Waals surface area (Å²) < 4.78 is 3.37. The summed E-state index contributed by atoms with van der Waals surface area (Å²) >= 11 is 4.09. The van der Waals surface area contributed by atoms with Gasteiger partial charge in [-0.1, -0.05) is 18.2 Å². The molecule has 30 heavy (non-hydrogen) atoms. The lowest BCUT2D eigenvalue weighted by Gasteiger charge is -2.18. The normalized spacial score (nSPS) is 13.5. The summed E-state index contributed by atoms with van der Waals surface area (Å²) in [5, 5.41) is 0.876. The zero-order chi connectivity index (χ0) is 21.1. The quantitative estimate of drug-likeness (QED) is 0.331. The van der Waals surface area contributed by atoms with Crippen LogP contribution in [0.4, 0.5) is 5.82 Å². The summed E-state index contributed by atoms with van der Waals surface area (Å²) in [4.78, 5) is 25.5. The van der Waals surface area contributed by atoms with Crippen molar-refractivity contribution < 1.29 is 4.79 Å². The number of fused-ring (bicyclic) bond motifs is 2. The Morgan fingerprint density at radius 3 is 2.67 bits per heavy atom. The minimum absolute atomic E-state index is 0.248. The van der Waals surface area contributed by atoms with Gasteiger partial charge in [-0.25, -0.2) is 15.0 Å². The number of amides is 1. The lowest BCUT2D eigenvalue weighted by Crippen LogP contribution is -2.09. The molecule has 7 nitrogen and oxygen atoms in total. The van der Waals surface area contributed by atoms with Gasteiger partial charge in [0.2, 0.25) is 5.91 Å². The Bertz CT molecular complexity index is 1080. The van der Waals surface area contributed by atoms with Crippen molar-refractivity contribution in [1.82, 2.24) is 19.5 Å². The maximum Gasteiger partial charge on any atom is 0.217 e. The van der Waals surface area contributed by atoms with Crippen LogP contribution in [0.5, 0.6) is 0 Å². The number of nitrogen functional groups attached to an aromatic ring is 1. The number of unbranched alkanes of at least 4 members (excludes halogenated alkanes) is 2. The first-order chi connectivity index (χ1) is 14.5. The number of primary amides is 1. The summed E-state index contributed by atoms with van der Waals surface area (Å²) in [6, 6.07) is 4.65. The molecule has 2 heterocycles. The van der Waals surface area contributed by atoms with Crippen molar-refractivity contribution in [2.75, 3.05) is 5.73 Å². The summed E-state index contributed by atoms with van der Waals surface area (Å²) in [7, 11) is 0. The number of nitrogens with zero attached hydrogens (tertiary/aromatic N) is 4. The number of anilines is 1. The second-order valence-electron chi connectivity index (χ2n) is 7.61. The molecule has 1 aromatic carbocycles. The third-order valence-corrected chi connectivity index (χ3v) is 7.74. The molecule has 4 N–H and O–H groups in total. The zero-order valence-electron chi connectivity index (χ0n) is 16.7. The standard InChI is InChI=1S/C21H25IN6OS/c22-15-10-13-6-3-4-7-14(13)11-16(15)30-21-27-18-19(24)25-12-26-20(18)28(21)9-5-1-2-8-17(23)29/h10-12H,1-9H2,(H2,23,29)(H2,24,25,26). The molecule has 0 saturated carbocycles. The van der Waals surface area contributed by atoms with Crippen molar-refractivity contribution in [3.8, 4) is 0 Å². The Balaban J connectivity index is 1.61. The lowest BCUT2D eigenvalue weighted by atomic mass is 9.92. The van der Waals surface area contributed by atoms with Crippen molar-refractivity contribution in [1.29, 1.82) is 0 Å². The van der Waals surface area contributed by atoms with Gasteiger partial charge in [0, 0.05) is 21.4 Å². The van der Waals surface area contributed by atoms with Gasteiger partial charge in [-0.05, 0) is 84.4 Å². The molecule has 9 heteroatoms. The first-order valence-electron chi connectivity index (χ1n) is 10.3. The maximum absolute atomic E-state index is 11.0. The molecular weight excluding hydrogens is 511 g/mol. The topological polar surface area (TPSA) is 113 Å². The van der Waals surface area contributed by atoms with Crippen LogP contribution in [-0.2, 0) is 24.2 Å². The average molecular weight is 536 g/mol. The van der Waals surface area contributed by atoms with Gasteiger partial charge >= 0.3 is 0 Å². The van der Waals surface area contributed by atoms with Gasteiger partial charge < -0.3 is 16.0 Å². The number of benzene rings is 1. The molecule has 3 aromatic rings. The molecule has 0 bridgehead atoms. The van der Waals surface area contributed by atoms with Crippen molar-refractivity contribution in [2.45, 2.75) is 68.0 Å². The largest absolute Gasteiger partial charge is 0.382 e. The number of aromatic nitrogens is 4. The molecule has 2 aromatic heterocycles. The fourth-order valence-corrected chi connectivity index (χ4v) is 5.71. The number of carbonyl (C=O) groups is 1. The minimum Gasteiger partial charge on any atom is -0.382 e. The Hall–Kier alpha value is -1.88. The van der Waals surface area contributed by atoms with E-state index in [-0.39, 0.29) is 5.91 Å². The summed E-state index contributed by atoms with van der Waals surface area (Å²) in [5.41, 5.74) is 15.7. The fourth-order valence-electron chi connectivity index (χ4n) is 3.87. The van der Waals surface area contributed by atoms with E-state index in [0.29, 0.717) is 17.8 Å². The highest BCUT2D eigenvalue weighted by Crippen LogP contribution is 2.36. The number of nitrogens with two attached hydrogens (primary N) is 2. The van der Waals surface area contributed by atoms with Crippen LogP contribution in [-0.4, -0.2) is 25.4 Å². The Kier molecular flexibility index (Phi) is 6.77. The van der Waals surface area contributed by atoms with Crippen LogP contribution in [0.15, 0.2) is 28.5 Å². The molecule has 1 aliphatic carbocycles. The van der Waals surface area contributed by atoms with Crippen molar-refractivity contribution in [3.63, 3.8) is 0 Å². The predicted molar refractivity (Wildman–Crippen MR) is 127 cm³/mol. The van der Waals surface area contributed by atoms with Crippen molar-refractivity contribution in [3.05, 3.63) is 33.2 Å². The third kappa shape index (κ3) is 4.72. The van der Waals surface area contributed by atoms with Crippen LogP contribution in [0, 0.1) is 3.57 Å². The van der Waals surface area contributed by atoms with E-state index >= 15 is 0 Å². The summed E-state index contributed by atoms with van der Waals surface area (Å²) in [6.45, 7) is 0.759. The van der Waals surface area contributed by atoms with Gasteiger partial charge in [-0.2, -0.15) is 0 Å². The molecule has 0 unspecified atom stereocenters. The Morgan fingerprint density at radius 2 is 1.90 bits per heavy atom. The van der Waals surface area contributed by atoms with Crippen LogP contribution in [0.1, 0.15) is 49.7 Å². The number of halogens is 1. The van der Waals surface area contributed by atoms with E-state index < -0.39 is 0 Å². The highest BCUT2D eigenvalue weighted by atomic mass is 127. The molecule has 0 atom stereocenters. The van der Waals surface area contributed by atoms with Gasteiger partial charge in [-0.3, -0.25) is 4.79 Å². The number of carbonyl (C=O) groups excluding carboxylic acids is 1. The van der Waals surface area contributed by atoms with Crippen LogP contribution < -0.4 is 11.5 Å². The molecule has 0 saturated heterocycles. The lowest BCUT2D eigenvalue weighted by molar-refractivity contribution is -0.118. The van der Waals surface area contributed by atoms with E-state index in [0.717, 1.165) is 43.0 Å². The Morgan fingerprint density at radius 1 is 1.13 bits per heavy atom. The Labute approximate surface area is 193 Å². The van der Waals surface area contributed by atoms with E-state index in [2.05, 4.69) is 49.3 Å². The first-order valence-corrected chi connectivity index (χ1v) is 12.2. The van der Waals surface area contributed by atoms with Crippen LogP contribution in [0.3, 0.4) is 0 Å². The van der Waals surface area contributed by atoms with Gasteiger partial charge in [0.05, 0.1) is 0 Å². The molecular formula is C21H25IN6OS. The van der Waals surface area contributed by atoms with E-state index in [1.807, 2.05) is 0 Å². The number of aryl methyl sites for hydroxylation is 3. The summed E-state index contributed by atoms with van der Waals surface area (Å²) in [5.74, 6) is 0.149. The molecule has 0 spiro atoms. The van der Waals surface area contributed by atoms with Crippen LogP contribution in [0.2, 0.25) is 0 Å². The molecule has 0 aliphatic heterocycles. The minimum atomic E-state index is -0.248. The fraction of sp³-hybridized carbons (Fsp3) is 0.429. The number of rotatable bonds is 8. The molecule has 0 radical (unpaired) electrons.